The van der Waals surface area contributed by atoms with Crippen molar-refractivity contribution in [1.29, 1.82) is 0 Å². The molecule has 198 valence electrons. The molecule has 0 spiro atoms. The quantitative estimate of drug-likeness (QED) is 0.340. The zero-order valence-electron chi connectivity index (χ0n) is 19.1. The van der Waals surface area contributed by atoms with E-state index in [4.69, 9.17) is 11.6 Å². The highest BCUT2D eigenvalue weighted by Gasteiger charge is 2.43. The molecule has 0 fully saturated rings. The number of nitrogens with zero attached hydrogens (tertiary/aromatic N) is 4. The van der Waals surface area contributed by atoms with Crippen LogP contribution in [0.25, 0.3) is 16.7 Å². The van der Waals surface area contributed by atoms with Gasteiger partial charge in [-0.3, -0.25) is 0 Å². The number of fused-ring (bicyclic) bond motifs is 1. The molecule has 0 saturated carbocycles. The highest BCUT2D eigenvalue weighted by Crippen LogP contribution is 2.42. The average molecular weight is 548 g/mol. The molecule has 0 amide bonds. The van der Waals surface area contributed by atoms with E-state index in [1.165, 1.54) is 6.92 Å². The van der Waals surface area contributed by atoms with Crippen LogP contribution in [0.4, 0.5) is 45.3 Å². The summed E-state index contributed by atoms with van der Waals surface area (Å²) < 4.78 is 122. The monoisotopic (exact) mass is 547 g/mol. The van der Waals surface area contributed by atoms with Gasteiger partial charge in [0, 0.05) is 6.54 Å². The molecule has 0 radical (unpaired) electrons. The molecule has 15 heteroatoms. The minimum atomic E-state index is -5.34. The fourth-order valence-electron chi connectivity index (χ4n) is 3.37. The second-order valence-electron chi connectivity index (χ2n) is 9.21. The Morgan fingerprint density at radius 2 is 1.50 bits per heavy atom. The molecule has 1 aromatic carbocycles. The molecule has 3 rings (SSSR count). The van der Waals surface area contributed by atoms with Crippen molar-refractivity contribution >= 4 is 28.5 Å². The normalized spacial score (nSPS) is 13.5. The molecule has 0 unspecified atom stereocenters. The van der Waals surface area contributed by atoms with E-state index in [0.717, 1.165) is 4.68 Å². The first-order chi connectivity index (χ1) is 16.2. The minimum Gasteiger partial charge on any atom is -0.369 e. The van der Waals surface area contributed by atoms with Crippen LogP contribution in [0.3, 0.4) is 0 Å². The van der Waals surface area contributed by atoms with E-state index in [1.54, 1.807) is 0 Å². The first kappa shape index (κ1) is 27.8. The molecule has 0 saturated heterocycles. The number of benzene rings is 1. The smallest absolute Gasteiger partial charge is 0.369 e. The maximum Gasteiger partial charge on any atom is 0.451 e. The molecule has 2 aromatic heterocycles. The van der Waals surface area contributed by atoms with E-state index < -0.39 is 57.5 Å². The summed E-state index contributed by atoms with van der Waals surface area (Å²) >= 11 is 6.09. The predicted octanol–water partition coefficient (Wildman–Crippen LogP) is 7.68. The van der Waals surface area contributed by atoms with E-state index in [-0.39, 0.29) is 23.2 Å². The Bertz CT molecular complexity index is 1260. The fraction of sp³-hybridized carbons (Fsp3) is 0.476. The Morgan fingerprint density at radius 1 is 0.889 bits per heavy atom. The first-order valence-corrected chi connectivity index (χ1v) is 10.6. The summed E-state index contributed by atoms with van der Waals surface area (Å²) in [6.45, 7) is 6.79. The van der Waals surface area contributed by atoms with Crippen LogP contribution in [0.15, 0.2) is 12.1 Å². The molecule has 3 aromatic rings. The lowest BCUT2D eigenvalue weighted by molar-refractivity contribution is -0.151. The predicted molar refractivity (Wildman–Crippen MR) is 114 cm³/mol. The van der Waals surface area contributed by atoms with Gasteiger partial charge in [0.05, 0.1) is 21.7 Å². The number of anilines is 1. The number of hydrogen-bond acceptors (Lipinski definition) is 4. The Kier molecular flexibility index (Phi) is 6.92. The molecule has 0 atom stereocenters. The second-order valence-corrected chi connectivity index (χ2v) is 9.62. The standard InChI is InChI=1S/C21H19ClF9N5/c1-9-7-10(19(23,24)25)8-11(22)13(9)36-16(32-6-5-18(2,3)4)12-14(20(26,27)28)33-17(21(29,30)31)34-15(12)35-36/h7-8,32H,5-6H2,1-4H3. The average Bonchev–Trinajstić information content (AvgIpc) is 3.01. The van der Waals surface area contributed by atoms with Crippen LogP contribution < -0.4 is 5.32 Å². The summed E-state index contributed by atoms with van der Waals surface area (Å²) in [6, 6.07) is 1.25. The number of nitrogens with one attached hydrogen (secondary N) is 1. The lowest BCUT2D eigenvalue weighted by Crippen LogP contribution is -2.18. The van der Waals surface area contributed by atoms with E-state index >= 15 is 0 Å². The molecule has 0 bridgehead atoms. The molecule has 2 heterocycles. The molecule has 36 heavy (non-hydrogen) atoms. The highest BCUT2D eigenvalue weighted by atomic mass is 35.5. The molecule has 0 aliphatic carbocycles. The Balaban J connectivity index is 2.38. The molecular weight excluding hydrogens is 529 g/mol. The maximum atomic E-state index is 13.9. The van der Waals surface area contributed by atoms with E-state index in [0.29, 0.717) is 18.6 Å². The summed E-state index contributed by atoms with van der Waals surface area (Å²) in [4.78, 5) is 5.89. The maximum absolute atomic E-state index is 13.9. The van der Waals surface area contributed by atoms with E-state index in [9.17, 15) is 39.5 Å². The van der Waals surface area contributed by atoms with Crippen LogP contribution in [-0.2, 0) is 18.5 Å². The number of aromatic nitrogens is 4. The third kappa shape index (κ3) is 5.79. The van der Waals surface area contributed by atoms with Crippen molar-refractivity contribution < 1.29 is 39.5 Å². The zero-order chi connectivity index (χ0) is 27.4. The van der Waals surface area contributed by atoms with Crippen molar-refractivity contribution in [1.82, 2.24) is 19.7 Å². The topological polar surface area (TPSA) is 55.6 Å². The molecule has 0 aliphatic rings. The number of halogens is 10. The van der Waals surface area contributed by atoms with Gasteiger partial charge >= 0.3 is 18.5 Å². The van der Waals surface area contributed by atoms with E-state index in [1.807, 2.05) is 20.8 Å². The van der Waals surface area contributed by atoms with Gasteiger partial charge in [-0.2, -0.15) is 39.5 Å². The first-order valence-electron chi connectivity index (χ1n) is 10.3. The number of aryl methyl sites for hydroxylation is 1. The van der Waals surface area contributed by atoms with E-state index in [2.05, 4.69) is 20.4 Å². The Morgan fingerprint density at radius 3 is 1.97 bits per heavy atom. The van der Waals surface area contributed by atoms with Crippen LogP contribution in [-0.4, -0.2) is 26.3 Å². The largest absolute Gasteiger partial charge is 0.451 e. The summed E-state index contributed by atoms with van der Waals surface area (Å²) in [5.41, 5.74) is -4.67. The third-order valence-electron chi connectivity index (χ3n) is 5.02. The van der Waals surface area contributed by atoms with Gasteiger partial charge in [-0.05, 0) is 36.5 Å². The lowest BCUT2D eigenvalue weighted by Gasteiger charge is -2.20. The molecular formula is C21H19ClF9N5. The van der Waals surface area contributed by atoms with Crippen LogP contribution >= 0.6 is 11.6 Å². The number of rotatable bonds is 4. The van der Waals surface area contributed by atoms with Crippen molar-refractivity contribution in [3.05, 3.63) is 39.8 Å². The van der Waals surface area contributed by atoms with Gasteiger partial charge in [0.2, 0.25) is 5.82 Å². The van der Waals surface area contributed by atoms with Crippen molar-refractivity contribution in [3.8, 4) is 5.69 Å². The summed E-state index contributed by atoms with van der Waals surface area (Å²) in [7, 11) is 0. The van der Waals surface area contributed by atoms with Crippen molar-refractivity contribution in [3.63, 3.8) is 0 Å². The van der Waals surface area contributed by atoms with Gasteiger partial charge in [0.25, 0.3) is 0 Å². The van der Waals surface area contributed by atoms with Crippen molar-refractivity contribution in [2.24, 2.45) is 5.41 Å². The summed E-state index contributed by atoms with van der Waals surface area (Å²) in [5, 5.41) is 5.11. The molecule has 0 aliphatic heterocycles. The summed E-state index contributed by atoms with van der Waals surface area (Å²) in [6.07, 6.45) is -15.0. The van der Waals surface area contributed by atoms with Gasteiger partial charge in [-0.1, -0.05) is 32.4 Å². The van der Waals surface area contributed by atoms with Crippen molar-refractivity contribution in [2.75, 3.05) is 11.9 Å². The van der Waals surface area contributed by atoms with Gasteiger partial charge in [-0.15, -0.1) is 5.10 Å². The Hall–Kier alpha value is -2.77. The molecule has 5 nitrogen and oxygen atoms in total. The SMILES string of the molecule is Cc1cc(C(F)(F)F)cc(Cl)c1-n1nc2nc(C(F)(F)F)nc(C(F)(F)F)c2c1NCCC(C)(C)C. The zero-order valence-corrected chi connectivity index (χ0v) is 19.9. The van der Waals surface area contributed by atoms with Crippen LogP contribution in [0.5, 0.6) is 0 Å². The van der Waals surface area contributed by atoms with Gasteiger partial charge in [-0.25, -0.2) is 14.6 Å². The second kappa shape index (κ2) is 8.96. The Labute approximate surface area is 203 Å². The van der Waals surface area contributed by atoms with Crippen LogP contribution in [0.1, 0.15) is 49.8 Å². The van der Waals surface area contributed by atoms with Gasteiger partial charge in [0.15, 0.2) is 11.3 Å². The fourth-order valence-corrected chi connectivity index (χ4v) is 3.72. The van der Waals surface area contributed by atoms with Crippen LogP contribution in [0.2, 0.25) is 5.02 Å². The number of alkyl halides is 9. The van der Waals surface area contributed by atoms with Crippen molar-refractivity contribution in [2.45, 2.75) is 52.6 Å². The van der Waals surface area contributed by atoms with Crippen LogP contribution in [0, 0.1) is 12.3 Å². The lowest BCUT2D eigenvalue weighted by atomic mass is 9.92. The van der Waals surface area contributed by atoms with Gasteiger partial charge in [0.1, 0.15) is 5.82 Å². The number of hydrogen-bond donors (Lipinski definition) is 1. The highest BCUT2D eigenvalue weighted by molar-refractivity contribution is 6.32. The minimum absolute atomic E-state index is 0.0416. The summed E-state index contributed by atoms with van der Waals surface area (Å²) in [5.74, 6) is -2.52. The molecule has 1 N–H and O–H groups in total. The van der Waals surface area contributed by atoms with Gasteiger partial charge < -0.3 is 5.32 Å². The third-order valence-corrected chi connectivity index (χ3v) is 5.30.